The number of piperidine rings is 1. The van der Waals surface area contributed by atoms with Gasteiger partial charge in [0.25, 0.3) is 0 Å². The Morgan fingerprint density at radius 1 is 0.575 bits per heavy atom. The van der Waals surface area contributed by atoms with Crippen LogP contribution in [0.5, 0.6) is 0 Å². The van der Waals surface area contributed by atoms with Gasteiger partial charge in [0.1, 0.15) is 18.3 Å². The molecule has 0 radical (unpaired) electrons. The average molecular weight is 536 g/mol. The van der Waals surface area contributed by atoms with Gasteiger partial charge in [0.15, 0.2) is 0 Å². The molecule has 0 unspecified atom stereocenters. The molecule has 6 rings (SSSR count). The summed E-state index contributed by atoms with van der Waals surface area (Å²) in [6, 6.07) is 41.8. The molecule has 0 spiro atoms. The summed E-state index contributed by atoms with van der Waals surface area (Å²) in [5.41, 5.74) is 4.72. The van der Waals surface area contributed by atoms with E-state index < -0.39 is 0 Å². The van der Waals surface area contributed by atoms with Crippen LogP contribution in [-0.2, 0) is 45.3 Å². The highest BCUT2D eigenvalue weighted by Gasteiger charge is 2.55. The molecule has 206 valence electrons. The van der Waals surface area contributed by atoms with Gasteiger partial charge in [-0.2, -0.15) is 0 Å². The topological polar surface area (TPSA) is 40.2 Å². The van der Waals surface area contributed by atoms with Crippen LogP contribution in [-0.4, -0.2) is 48.5 Å². The maximum Gasteiger partial charge on any atom is 0.113 e. The van der Waals surface area contributed by atoms with E-state index in [1.807, 2.05) is 18.2 Å². The van der Waals surface area contributed by atoms with Crippen LogP contribution in [0, 0.1) is 0 Å². The second-order valence-electron chi connectivity index (χ2n) is 10.6. The Morgan fingerprint density at radius 3 is 1.60 bits per heavy atom. The number of ether oxygens (including phenoxy) is 4. The third kappa shape index (κ3) is 6.52. The molecule has 0 aromatic heterocycles. The second-order valence-corrected chi connectivity index (χ2v) is 10.6. The molecule has 2 aliphatic rings. The van der Waals surface area contributed by atoms with Gasteiger partial charge < -0.3 is 18.9 Å². The number of hydrogen-bond acceptors (Lipinski definition) is 5. The maximum absolute atomic E-state index is 6.74. The summed E-state index contributed by atoms with van der Waals surface area (Å²) in [6.07, 6.45) is -0.482. The van der Waals surface area contributed by atoms with Gasteiger partial charge in [-0.1, -0.05) is 121 Å². The Hall–Kier alpha value is -3.32. The Kier molecular flexibility index (Phi) is 8.98. The summed E-state index contributed by atoms with van der Waals surface area (Å²) in [5, 5.41) is 0. The molecule has 0 N–H and O–H groups in total. The molecule has 2 bridgehead atoms. The van der Waals surface area contributed by atoms with Crippen molar-refractivity contribution in [3.8, 4) is 0 Å². The van der Waals surface area contributed by atoms with E-state index in [1.165, 1.54) is 5.56 Å². The molecule has 0 amide bonds. The third-order valence-electron chi connectivity index (χ3n) is 7.90. The largest absolute Gasteiger partial charge is 0.375 e. The lowest BCUT2D eigenvalue weighted by molar-refractivity contribution is -0.174. The van der Waals surface area contributed by atoms with Crippen molar-refractivity contribution in [1.29, 1.82) is 0 Å². The van der Waals surface area contributed by atoms with E-state index >= 15 is 0 Å². The molecular formula is C35H37NO4. The van der Waals surface area contributed by atoms with Crippen LogP contribution in [0.25, 0.3) is 0 Å². The Bertz CT molecular complexity index is 1290. The Labute approximate surface area is 237 Å². The van der Waals surface area contributed by atoms with Gasteiger partial charge >= 0.3 is 0 Å². The van der Waals surface area contributed by atoms with Crippen LogP contribution in [0.2, 0.25) is 0 Å². The van der Waals surface area contributed by atoms with Crippen molar-refractivity contribution in [1.82, 2.24) is 4.90 Å². The highest BCUT2D eigenvalue weighted by Crippen LogP contribution is 2.38. The number of rotatable bonds is 12. The van der Waals surface area contributed by atoms with Gasteiger partial charge in [0.05, 0.1) is 45.1 Å². The zero-order chi connectivity index (χ0) is 27.0. The van der Waals surface area contributed by atoms with Crippen molar-refractivity contribution in [3.05, 3.63) is 144 Å². The molecular weight excluding hydrogens is 498 g/mol. The summed E-state index contributed by atoms with van der Waals surface area (Å²) < 4.78 is 26.3. The minimum atomic E-state index is -0.209. The lowest BCUT2D eigenvalue weighted by atomic mass is 9.89. The van der Waals surface area contributed by atoms with E-state index in [2.05, 4.69) is 108 Å². The third-order valence-corrected chi connectivity index (χ3v) is 7.90. The van der Waals surface area contributed by atoms with Crippen LogP contribution in [0.4, 0.5) is 0 Å². The predicted octanol–water partition coefficient (Wildman–Crippen LogP) is 6.03. The van der Waals surface area contributed by atoms with Gasteiger partial charge in [0.2, 0.25) is 0 Å². The SMILES string of the molecule is c1ccc(COC[C@@H]2[C@@H](OCc3ccccc3)[C@@H]3OC[C@@H]([C@H]3OCc3ccccc3)N2Cc2ccccc2)cc1. The molecule has 2 aliphatic heterocycles. The second kappa shape index (κ2) is 13.4. The fraction of sp³-hybridized carbons (Fsp3) is 0.314. The first-order chi connectivity index (χ1) is 19.8. The fourth-order valence-corrected chi connectivity index (χ4v) is 5.87. The van der Waals surface area contributed by atoms with E-state index in [9.17, 15) is 0 Å². The summed E-state index contributed by atoms with van der Waals surface area (Å²) >= 11 is 0. The van der Waals surface area contributed by atoms with E-state index in [1.54, 1.807) is 0 Å². The molecule has 5 nitrogen and oxygen atoms in total. The summed E-state index contributed by atoms with van der Waals surface area (Å²) in [7, 11) is 0. The normalized spacial score (nSPS) is 24.2. The first-order valence-corrected chi connectivity index (χ1v) is 14.2. The predicted molar refractivity (Wildman–Crippen MR) is 155 cm³/mol. The lowest BCUT2D eigenvalue weighted by Crippen LogP contribution is -2.64. The molecule has 4 aromatic rings. The Morgan fingerprint density at radius 2 is 1.05 bits per heavy atom. The van der Waals surface area contributed by atoms with Gasteiger partial charge in [-0.05, 0) is 22.3 Å². The van der Waals surface area contributed by atoms with Crippen molar-refractivity contribution in [2.75, 3.05) is 13.2 Å². The molecule has 40 heavy (non-hydrogen) atoms. The zero-order valence-corrected chi connectivity index (χ0v) is 22.8. The lowest BCUT2D eigenvalue weighted by Gasteiger charge is -2.47. The van der Waals surface area contributed by atoms with E-state index in [0.29, 0.717) is 33.0 Å². The summed E-state index contributed by atoms with van der Waals surface area (Å²) in [6.45, 7) is 3.54. The quantitative estimate of drug-likeness (QED) is 0.222. The van der Waals surface area contributed by atoms with E-state index in [4.69, 9.17) is 18.9 Å². The minimum Gasteiger partial charge on any atom is -0.375 e. The number of likely N-dealkylation sites (tertiary alicyclic amines) is 1. The van der Waals surface area contributed by atoms with Crippen molar-refractivity contribution in [2.45, 2.75) is 56.8 Å². The van der Waals surface area contributed by atoms with Gasteiger partial charge in [0, 0.05) is 6.54 Å². The molecule has 4 aromatic carbocycles. The number of hydrogen-bond donors (Lipinski definition) is 0. The van der Waals surface area contributed by atoms with Crippen LogP contribution in [0.15, 0.2) is 121 Å². The van der Waals surface area contributed by atoms with E-state index in [-0.39, 0.29) is 30.4 Å². The van der Waals surface area contributed by atoms with E-state index in [0.717, 1.165) is 23.2 Å². The monoisotopic (exact) mass is 535 g/mol. The zero-order valence-electron chi connectivity index (χ0n) is 22.8. The fourth-order valence-electron chi connectivity index (χ4n) is 5.87. The van der Waals surface area contributed by atoms with Crippen LogP contribution >= 0.6 is 0 Å². The minimum absolute atomic E-state index is 0.0155. The molecule has 5 heteroatoms. The maximum atomic E-state index is 6.74. The van der Waals surface area contributed by atoms with Gasteiger partial charge in [-0.25, -0.2) is 0 Å². The van der Waals surface area contributed by atoms with Crippen LogP contribution in [0.1, 0.15) is 22.3 Å². The van der Waals surface area contributed by atoms with Crippen molar-refractivity contribution in [3.63, 3.8) is 0 Å². The highest BCUT2D eigenvalue weighted by molar-refractivity contribution is 5.19. The Balaban J connectivity index is 1.27. The first-order valence-electron chi connectivity index (χ1n) is 14.2. The number of fused-ring (bicyclic) bond motifs is 2. The standard InChI is InChI=1S/C35H37NO4/c1-5-13-27(14-6-1)21-36-31(25-37-22-28-15-7-2-8-16-28)33(38-23-29-17-9-3-10-18-29)35-34(32(36)26-40-35)39-24-30-19-11-4-12-20-30/h1-20,31-35H,21-26H2/t31-,32+,33-,34-,35+/m1/s1. The smallest absolute Gasteiger partial charge is 0.113 e. The summed E-state index contributed by atoms with van der Waals surface area (Å²) in [5.74, 6) is 0. The molecule has 0 aliphatic carbocycles. The van der Waals surface area contributed by atoms with Crippen LogP contribution < -0.4 is 0 Å². The van der Waals surface area contributed by atoms with Crippen LogP contribution in [0.3, 0.4) is 0 Å². The molecule has 2 saturated heterocycles. The molecule has 2 heterocycles. The first kappa shape index (κ1) is 26.9. The molecule has 5 atom stereocenters. The van der Waals surface area contributed by atoms with Crippen molar-refractivity contribution in [2.24, 2.45) is 0 Å². The average Bonchev–Trinajstić information content (AvgIpc) is 3.37. The highest BCUT2D eigenvalue weighted by atomic mass is 16.6. The van der Waals surface area contributed by atoms with Gasteiger partial charge in [-0.15, -0.1) is 0 Å². The van der Waals surface area contributed by atoms with Crippen molar-refractivity contribution >= 4 is 0 Å². The van der Waals surface area contributed by atoms with Crippen molar-refractivity contribution < 1.29 is 18.9 Å². The summed E-state index contributed by atoms with van der Waals surface area (Å²) in [4.78, 5) is 2.51. The van der Waals surface area contributed by atoms with Gasteiger partial charge in [-0.3, -0.25) is 4.90 Å². The number of nitrogens with zero attached hydrogens (tertiary/aromatic N) is 1. The molecule has 2 fully saturated rings. The number of benzene rings is 4. The molecule has 0 saturated carbocycles.